The van der Waals surface area contributed by atoms with Crippen LogP contribution in [0.15, 0.2) is 23.6 Å². The molecule has 2 aromatic heterocycles. The second-order valence-corrected chi connectivity index (χ2v) is 7.82. The van der Waals surface area contributed by atoms with Gasteiger partial charge in [-0.3, -0.25) is 4.40 Å². The Bertz CT molecular complexity index is 940. The van der Waals surface area contributed by atoms with Crippen molar-refractivity contribution < 1.29 is 9.18 Å². The summed E-state index contributed by atoms with van der Waals surface area (Å²) in [6, 6.07) is 5.46. The number of fused-ring (bicyclic) bond motifs is 1. The Balaban J connectivity index is 1.86. The van der Waals surface area contributed by atoms with E-state index >= 15 is 0 Å². The highest BCUT2D eigenvalue weighted by Crippen LogP contribution is 2.36. The molecular weight excluding hydrogens is 349 g/mol. The molecule has 2 heterocycles. The van der Waals surface area contributed by atoms with Crippen molar-refractivity contribution in [3.8, 4) is 11.3 Å². The minimum atomic E-state index is -0.273. The molecule has 0 atom stereocenters. The molecule has 0 bridgehead atoms. The number of halogens is 1. The minimum Gasteiger partial charge on any atom is -0.367 e. The van der Waals surface area contributed by atoms with E-state index in [1.807, 2.05) is 22.8 Å². The van der Waals surface area contributed by atoms with Gasteiger partial charge in [0.1, 0.15) is 23.6 Å². The summed E-state index contributed by atoms with van der Waals surface area (Å²) >= 11 is 1.49. The smallest absolute Gasteiger partial charge is 0.196 e. The zero-order chi connectivity index (χ0) is 18.1. The van der Waals surface area contributed by atoms with E-state index in [9.17, 15) is 9.18 Å². The average Bonchev–Trinajstić information content (AvgIpc) is 3.19. The van der Waals surface area contributed by atoms with Crippen LogP contribution in [0.5, 0.6) is 0 Å². The molecule has 1 aliphatic carbocycles. The summed E-state index contributed by atoms with van der Waals surface area (Å²) in [5.41, 5.74) is 3.03. The van der Waals surface area contributed by atoms with Gasteiger partial charge in [0, 0.05) is 29.1 Å². The molecule has 4 nitrogen and oxygen atoms in total. The van der Waals surface area contributed by atoms with E-state index in [0.717, 1.165) is 41.2 Å². The predicted octanol–water partition coefficient (Wildman–Crippen LogP) is 5.00. The fourth-order valence-electron chi connectivity index (χ4n) is 3.73. The van der Waals surface area contributed by atoms with E-state index in [1.54, 1.807) is 6.07 Å². The first-order valence-corrected chi connectivity index (χ1v) is 10.0. The van der Waals surface area contributed by atoms with Crippen LogP contribution in [0.1, 0.15) is 43.4 Å². The molecule has 0 radical (unpaired) electrons. The number of hydrogen-bond donors (Lipinski definition) is 1. The van der Waals surface area contributed by atoms with Crippen LogP contribution in [0.3, 0.4) is 0 Å². The van der Waals surface area contributed by atoms with E-state index in [4.69, 9.17) is 4.98 Å². The third kappa shape index (κ3) is 3.14. The third-order valence-corrected chi connectivity index (χ3v) is 5.92. The van der Waals surface area contributed by atoms with Gasteiger partial charge in [0.2, 0.25) is 0 Å². The zero-order valence-corrected chi connectivity index (χ0v) is 15.6. The van der Waals surface area contributed by atoms with E-state index in [1.165, 1.54) is 36.7 Å². The Hall–Kier alpha value is -2.21. The summed E-state index contributed by atoms with van der Waals surface area (Å²) in [4.78, 5) is 16.6. The number of rotatable bonds is 5. The summed E-state index contributed by atoms with van der Waals surface area (Å²) in [6.07, 6.45) is 7.13. The SMILES string of the molecule is Cc1ccc(F)c(-c2nc3scc(CC=O)n3c2NC2CCCCC2)c1. The maximum Gasteiger partial charge on any atom is 0.196 e. The van der Waals surface area contributed by atoms with Crippen LogP contribution < -0.4 is 5.32 Å². The number of hydrogen-bond acceptors (Lipinski definition) is 4. The highest BCUT2D eigenvalue weighted by Gasteiger charge is 2.23. The number of nitrogens with one attached hydrogen (secondary N) is 1. The van der Waals surface area contributed by atoms with Gasteiger partial charge in [-0.2, -0.15) is 0 Å². The zero-order valence-electron chi connectivity index (χ0n) is 14.8. The quantitative estimate of drug-likeness (QED) is 0.642. The lowest BCUT2D eigenvalue weighted by atomic mass is 9.95. The normalized spacial score (nSPS) is 15.5. The summed E-state index contributed by atoms with van der Waals surface area (Å²) in [6.45, 7) is 1.95. The van der Waals surface area contributed by atoms with Crippen molar-refractivity contribution in [1.29, 1.82) is 0 Å². The van der Waals surface area contributed by atoms with Gasteiger partial charge in [-0.15, -0.1) is 11.3 Å². The van der Waals surface area contributed by atoms with Crippen molar-refractivity contribution in [2.24, 2.45) is 0 Å². The fraction of sp³-hybridized carbons (Fsp3) is 0.400. The van der Waals surface area contributed by atoms with Crippen molar-refractivity contribution >= 4 is 28.4 Å². The van der Waals surface area contributed by atoms with Gasteiger partial charge >= 0.3 is 0 Å². The summed E-state index contributed by atoms with van der Waals surface area (Å²) in [7, 11) is 0. The van der Waals surface area contributed by atoms with Gasteiger partial charge in [0.05, 0.1) is 0 Å². The minimum absolute atomic E-state index is 0.273. The molecule has 1 aromatic carbocycles. The number of anilines is 1. The standard InChI is InChI=1S/C20H22FN3OS/c1-13-7-8-17(21)16(11-13)18-19(22-14-5-3-2-4-6-14)24-15(9-10-25)12-26-20(24)23-18/h7-8,10-12,14,22H,2-6,9H2,1H3. The lowest BCUT2D eigenvalue weighted by Gasteiger charge is -2.24. The van der Waals surface area contributed by atoms with Crippen LogP contribution in [0.25, 0.3) is 16.2 Å². The Morgan fingerprint density at radius 1 is 1.35 bits per heavy atom. The van der Waals surface area contributed by atoms with E-state index in [2.05, 4.69) is 5.32 Å². The first-order chi connectivity index (χ1) is 12.7. The topological polar surface area (TPSA) is 46.4 Å². The van der Waals surface area contributed by atoms with Gasteiger partial charge in [0.15, 0.2) is 4.96 Å². The van der Waals surface area contributed by atoms with E-state index in [-0.39, 0.29) is 5.82 Å². The van der Waals surface area contributed by atoms with Gasteiger partial charge in [-0.25, -0.2) is 9.37 Å². The monoisotopic (exact) mass is 371 g/mol. The van der Waals surface area contributed by atoms with Crippen LogP contribution in [0.4, 0.5) is 10.2 Å². The van der Waals surface area contributed by atoms with Crippen LogP contribution >= 0.6 is 11.3 Å². The number of thiazole rings is 1. The maximum absolute atomic E-state index is 14.6. The van der Waals surface area contributed by atoms with Crippen molar-refractivity contribution in [3.63, 3.8) is 0 Å². The molecule has 0 saturated heterocycles. The van der Waals surface area contributed by atoms with Crippen LogP contribution in [0.2, 0.25) is 0 Å². The number of nitrogens with zero attached hydrogens (tertiary/aromatic N) is 2. The second kappa shape index (κ2) is 7.19. The summed E-state index contributed by atoms with van der Waals surface area (Å²) < 4.78 is 16.6. The van der Waals surface area contributed by atoms with Gasteiger partial charge in [-0.05, 0) is 31.9 Å². The molecule has 1 saturated carbocycles. The lowest BCUT2D eigenvalue weighted by molar-refractivity contribution is -0.107. The molecule has 3 aromatic rings. The van der Waals surface area contributed by atoms with Crippen LogP contribution in [-0.2, 0) is 11.2 Å². The molecule has 1 N–H and O–H groups in total. The Morgan fingerprint density at radius 3 is 2.92 bits per heavy atom. The predicted molar refractivity (Wildman–Crippen MR) is 103 cm³/mol. The molecule has 0 aliphatic heterocycles. The number of aryl methyl sites for hydroxylation is 1. The average molecular weight is 371 g/mol. The number of imidazole rings is 1. The Labute approximate surface area is 156 Å². The molecule has 0 amide bonds. The van der Waals surface area contributed by atoms with E-state index < -0.39 is 0 Å². The molecule has 6 heteroatoms. The molecule has 1 fully saturated rings. The Kier molecular flexibility index (Phi) is 4.76. The number of carbonyl (C=O) groups is 1. The molecule has 136 valence electrons. The fourth-order valence-corrected chi connectivity index (χ4v) is 4.63. The second-order valence-electron chi connectivity index (χ2n) is 6.99. The highest BCUT2D eigenvalue weighted by molar-refractivity contribution is 7.15. The number of aromatic nitrogens is 2. The lowest BCUT2D eigenvalue weighted by Crippen LogP contribution is -2.23. The number of aldehydes is 1. The third-order valence-electron chi connectivity index (χ3n) is 5.05. The molecule has 0 unspecified atom stereocenters. The first-order valence-electron chi connectivity index (χ1n) is 9.13. The molecule has 4 rings (SSSR count). The summed E-state index contributed by atoms with van der Waals surface area (Å²) in [5.74, 6) is 0.541. The highest BCUT2D eigenvalue weighted by atomic mass is 32.1. The largest absolute Gasteiger partial charge is 0.367 e. The van der Waals surface area contributed by atoms with Crippen molar-refractivity contribution in [2.75, 3.05) is 5.32 Å². The summed E-state index contributed by atoms with van der Waals surface area (Å²) in [5, 5.41) is 5.58. The maximum atomic E-state index is 14.6. The number of benzene rings is 1. The molecular formula is C20H22FN3OS. The molecule has 0 spiro atoms. The first kappa shape index (κ1) is 17.2. The van der Waals surface area contributed by atoms with Gasteiger partial charge < -0.3 is 10.1 Å². The van der Waals surface area contributed by atoms with Crippen LogP contribution in [-0.4, -0.2) is 21.7 Å². The molecule has 26 heavy (non-hydrogen) atoms. The van der Waals surface area contributed by atoms with Crippen molar-refractivity contribution in [2.45, 2.75) is 51.5 Å². The van der Waals surface area contributed by atoms with Gasteiger partial charge in [0.25, 0.3) is 0 Å². The van der Waals surface area contributed by atoms with Crippen molar-refractivity contribution in [1.82, 2.24) is 9.38 Å². The Morgan fingerprint density at radius 2 is 2.15 bits per heavy atom. The van der Waals surface area contributed by atoms with Crippen LogP contribution in [0, 0.1) is 12.7 Å². The van der Waals surface area contributed by atoms with E-state index in [0.29, 0.717) is 23.7 Å². The molecule has 1 aliphatic rings. The van der Waals surface area contributed by atoms with Gasteiger partial charge in [-0.1, -0.05) is 30.9 Å². The van der Waals surface area contributed by atoms with Crippen molar-refractivity contribution in [3.05, 3.63) is 40.7 Å². The number of carbonyl (C=O) groups excluding carboxylic acids is 1.